The summed E-state index contributed by atoms with van der Waals surface area (Å²) in [5, 5.41) is 0. The van der Waals surface area contributed by atoms with E-state index in [1.807, 2.05) is 24.4 Å². The molecule has 1 aliphatic heterocycles. The predicted molar refractivity (Wildman–Crippen MR) is 75.5 cm³/mol. The first-order valence-electron chi connectivity index (χ1n) is 5.94. The Hall–Kier alpha value is -1.55. The molecule has 3 nitrogen and oxygen atoms in total. The molecule has 0 N–H and O–H groups in total. The standard InChI is InChI=1S/C14H13BrN2O/c15-11-8-12(10-16-9-11)17-6-3-7-18-14-5-2-1-4-13(14)17/h1-2,4-5,8-10H,3,6-7H2. The van der Waals surface area contributed by atoms with Gasteiger partial charge in [-0.25, -0.2) is 0 Å². The zero-order valence-electron chi connectivity index (χ0n) is 9.84. The molecule has 18 heavy (non-hydrogen) atoms. The van der Waals surface area contributed by atoms with Crippen LogP contribution in [0.4, 0.5) is 11.4 Å². The van der Waals surface area contributed by atoms with Crippen LogP contribution in [-0.4, -0.2) is 18.1 Å². The van der Waals surface area contributed by atoms with Crippen LogP contribution in [0.25, 0.3) is 0 Å². The molecule has 0 amide bonds. The molecule has 1 aliphatic rings. The van der Waals surface area contributed by atoms with Gasteiger partial charge in [-0.2, -0.15) is 0 Å². The van der Waals surface area contributed by atoms with Gasteiger partial charge < -0.3 is 9.64 Å². The minimum absolute atomic E-state index is 0.759. The fourth-order valence-corrected chi connectivity index (χ4v) is 2.50. The summed E-state index contributed by atoms with van der Waals surface area (Å²) in [6, 6.07) is 10.2. The lowest BCUT2D eigenvalue weighted by Crippen LogP contribution is -2.17. The van der Waals surface area contributed by atoms with Crippen molar-refractivity contribution in [3.05, 3.63) is 47.2 Å². The van der Waals surface area contributed by atoms with Gasteiger partial charge in [0.25, 0.3) is 0 Å². The van der Waals surface area contributed by atoms with Crippen LogP contribution in [0, 0.1) is 0 Å². The molecule has 0 spiro atoms. The Morgan fingerprint density at radius 3 is 3.00 bits per heavy atom. The van der Waals surface area contributed by atoms with Crippen molar-refractivity contribution < 1.29 is 4.74 Å². The zero-order valence-corrected chi connectivity index (χ0v) is 11.4. The monoisotopic (exact) mass is 304 g/mol. The third-order valence-corrected chi connectivity index (χ3v) is 3.38. The Morgan fingerprint density at radius 1 is 1.22 bits per heavy atom. The molecule has 0 unspecified atom stereocenters. The molecule has 3 rings (SSSR count). The molecule has 0 aliphatic carbocycles. The average molecular weight is 305 g/mol. The summed E-state index contributed by atoms with van der Waals surface area (Å²) < 4.78 is 6.75. The molecule has 0 atom stereocenters. The Morgan fingerprint density at radius 2 is 2.11 bits per heavy atom. The predicted octanol–water partition coefficient (Wildman–Crippen LogP) is 3.76. The van der Waals surface area contributed by atoms with Gasteiger partial charge in [-0.3, -0.25) is 4.98 Å². The molecule has 0 saturated carbocycles. The lowest BCUT2D eigenvalue weighted by Gasteiger charge is -2.23. The zero-order chi connectivity index (χ0) is 12.4. The fourth-order valence-electron chi connectivity index (χ4n) is 2.14. The summed E-state index contributed by atoms with van der Waals surface area (Å²) in [4.78, 5) is 6.48. The van der Waals surface area contributed by atoms with Crippen molar-refractivity contribution in [2.75, 3.05) is 18.1 Å². The number of nitrogens with zero attached hydrogens (tertiary/aromatic N) is 2. The topological polar surface area (TPSA) is 25.4 Å². The quantitative estimate of drug-likeness (QED) is 0.802. The van der Waals surface area contributed by atoms with Crippen LogP contribution in [0.15, 0.2) is 47.2 Å². The number of ether oxygens (including phenoxy) is 1. The van der Waals surface area contributed by atoms with Crippen LogP contribution in [0.3, 0.4) is 0 Å². The highest BCUT2D eigenvalue weighted by Crippen LogP contribution is 2.35. The molecule has 92 valence electrons. The maximum Gasteiger partial charge on any atom is 0.142 e. The van der Waals surface area contributed by atoms with E-state index in [4.69, 9.17) is 4.74 Å². The van der Waals surface area contributed by atoms with Gasteiger partial charge in [0.2, 0.25) is 0 Å². The summed E-state index contributed by atoms with van der Waals surface area (Å²) in [5.74, 6) is 0.940. The van der Waals surface area contributed by atoms with Crippen LogP contribution in [-0.2, 0) is 0 Å². The maximum absolute atomic E-state index is 5.76. The summed E-state index contributed by atoms with van der Waals surface area (Å²) in [5.41, 5.74) is 2.19. The highest BCUT2D eigenvalue weighted by atomic mass is 79.9. The van der Waals surface area contributed by atoms with Crippen molar-refractivity contribution in [1.29, 1.82) is 0 Å². The lowest BCUT2D eigenvalue weighted by atomic mass is 10.2. The van der Waals surface area contributed by atoms with Crippen LogP contribution in [0.2, 0.25) is 0 Å². The van der Waals surface area contributed by atoms with E-state index in [-0.39, 0.29) is 0 Å². The molecule has 0 saturated heterocycles. The number of halogens is 1. The van der Waals surface area contributed by atoms with Crippen LogP contribution in [0.5, 0.6) is 5.75 Å². The van der Waals surface area contributed by atoms with Gasteiger partial charge in [-0.1, -0.05) is 12.1 Å². The molecule has 1 aromatic carbocycles. The van der Waals surface area contributed by atoms with Gasteiger partial charge in [-0.15, -0.1) is 0 Å². The van der Waals surface area contributed by atoms with Gasteiger partial charge in [0.15, 0.2) is 0 Å². The minimum Gasteiger partial charge on any atom is -0.491 e. The number of pyridine rings is 1. The molecule has 1 aromatic heterocycles. The molecule has 4 heteroatoms. The second-order valence-corrected chi connectivity index (χ2v) is 5.10. The summed E-state index contributed by atoms with van der Waals surface area (Å²) in [6.45, 7) is 1.70. The van der Waals surface area contributed by atoms with E-state index in [0.717, 1.165) is 41.2 Å². The number of hydrogen-bond acceptors (Lipinski definition) is 3. The van der Waals surface area contributed by atoms with E-state index in [2.05, 4.69) is 37.9 Å². The number of anilines is 2. The van der Waals surface area contributed by atoms with E-state index < -0.39 is 0 Å². The molecular weight excluding hydrogens is 292 g/mol. The number of para-hydroxylation sites is 2. The maximum atomic E-state index is 5.76. The summed E-state index contributed by atoms with van der Waals surface area (Å²) >= 11 is 3.47. The van der Waals surface area contributed by atoms with Crippen molar-refractivity contribution in [1.82, 2.24) is 4.98 Å². The van der Waals surface area contributed by atoms with Crippen LogP contribution < -0.4 is 9.64 Å². The van der Waals surface area contributed by atoms with Crippen molar-refractivity contribution in [3.8, 4) is 5.75 Å². The largest absolute Gasteiger partial charge is 0.491 e. The Bertz CT molecular complexity index is 559. The first-order valence-corrected chi connectivity index (χ1v) is 6.74. The average Bonchev–Trinajstić information content (AvgIpc) is 2.61. The Kier molecular flexibility index (Phi) is 3.19. The second kappa shape index (κ2) is 4.98. The molecule has 0 fully saturated rings. The van der Waals surface area contributed by atoms with Crippen molar-refractivity contribution in [3.63, 3.8) is 0 Å². The molecule has 0 radical (unpaired) electrons. The number of benzene rings is 1. The molecule has 2 aromatic rings. The fraction of sp³-hybridized carbons (Fsp3) is 0.214. The number of aromatic nitrogens is 1. The number of hydrogen-bond donors (Lipinski definition) is 0. The lowest BCUT2D eigenvalue weighted by molar-refractivity contribution is 0.322. The normalized spacial score (nSPS) is 14.6. The molecular formula is C14H13BrN2O. The van der Waals surface area contributed by atoms with Gasteiger partial charge in [-0.05, 0) is 40.5 Å². The smallest absolute Gasteiger partial charge is 0.142 e. The van der Waals surface area contributed by atoms with E-state index in [1.54, 1.807) is 6.20 Å². The van der Waals surface area contributed by atoms with Gasteiger partial charge >= 0.3 is 0 Å². The van der Waals surface area contributed by atoms with E-state index in [1.165, 1.54) is 0 Å². The van der Waals surface area contributed by atoms with Crippen LogP contribution >= 0.6 is 15.9 Å². The van der Waals surface area contributed by atoms with E-state index >= 15 is 0 Å². The Balaban J connectivity index is 2.06. The number of rotatable bonds is 1. The second-order valence-electron chi connectivity index (χ2n) is 4.18. The summed E-state index contributed by atoms with van der Waals surface area (Å²) in [6.07, 6.45) is 4.68. The van der Waals surface area contributed by atoms with E-state index in [9.17, 15) is 0 Å². The first-order chi connectivity index (χ1) is 8.84. The Labute approximate surface area is 115 Å². The third kappa shape index (κ3) is 2.20. The highest BCUT2D eigenvalue weighted by molar-refractivity contribution is 9.10. The van der Waals surface area contributed by atoms with Crippen molar-refractivity contribution >= 4 is 27.3 Å². The molecule has 0 bridgehead atoms. The van der Waals surface area contributed by atoms with E-state index in [0.29, 0.717) is 0 Å². The SMILES string of the molecule is Brc1cncc(N2CCCOc3ccccc32)c1. The van der Waals surface area contributed by atoms with Crippen LogP contribution in [0.1, 0.15) is 6.42 Å². The van der Waals surface area contributed by atoms with Gasteiger partial charge in [0.1, 0.15) is 5.75 Å². The van der Waals surface area contributed by atoms with Gasteiger partial charge in [0.05, 0.1) is 24.2 Å². The van der Waals surface area contributed by atoms with Crippen molar-refractivity contribution in [2.24, 2.45) is 0 Å². The summed E-state index contributed by atoms with van der Waals surface area (Å²) in [7, 11) is 0. The number of fused-ring (bicyclic) bond motifs is 1. The molecule has 2 heterocycles. The third-order valence-electron chi connectivity index (χ3n) is 2.94. The minimum atomic E-state index is 0.759. The first kappa shape index (κ1) is 11.5. The van der Waals surface area contributed by atoms with Gasteiger partial charge in [0, 0.05) is 17.2 Å². The highest BCUT2D eigenvalue weighted by Gasteiger charge is 2.17. The van der Waals surface area contributed by atoms with Crippen molar-refractivity contribution in [2.45, 2.75) is 6.42 Å².